The first-order valence-electron chi connectivity index (χ1n) is 8.49. The third-order valence-electron chi connectivity index (χ3n) is 4.80. The van der Waals surface area contributed by atoms with Crippen LogP contribution in [0.3, 0.4) is 0 Å². The summed E-state index contributed by atoms with van der Waals surface area (Å²) in [7, 11) is 1.73. The van der Waals surface area contributed by atoms with Crippen molar-refractivity contribution in [3.63, 3.8) is 0 Å². The number of nitrogens with zero attached hydrogens (tertiary/aromatic N) is 3. The quantitative estimate of drug-likeness (QED) is 0.939. The van der Waals surface area contributed by atoms with E-state index >= 15 is 0 Å². The van der Waals surface area contributed by atoms with Crippen molar-refractivity contribution in [3.8, 4) is 5.69 Å². The van der Waals surface area contributed by atoms with Gasteiger partial charge in [0, 0.05) is 19.3 Å². The third kappa shape index (κ3) is 3.36. The lowest BCUT2D eigenvalue weighted by Crippen LogP contribution is -2.42. The molecular weight excluding hydrogens is 302 g/mol. The molecule has 2 aromatic rings. The van der Waals surface area contributed by atoms with E-state index < -0.39 is 5.60 Å². The van der Waals surface area contributed by atoms with Crippen LogP contribution in [0, 0.1) is 13.8 Å². The fraction of sp³-hybridized carbons (Fsp3) is 0.474. The summed E-state index contributed by atoms with van der Waals surface area (Å²) in [4.78, 5) is 14.3. The number of aromatic nitrogens is 2. The van der Waals surface area contributed by atoms with Gasteiger partial charge in [0.15, 0.2) is 5.69 Å². The Hall–Kier alpha value is -2.14. The first-order chi connectivity index (χ1) is 11.4. The van der Waals surface area contributed by atoms with Crippen molar-refractivity contribution in [2.24, 2.45) is 0 Å². The molecule has 1 aliphatic rings. The van der Waals surface area contributed by atoms with Gasteiger partial charge in [0.25, 0.3) is 5.91 Å². The van der Waals surface area contributed by atoms with E-state index in [1.807, 2.05) is 38.1 Å². The highest BCUT2D eigenvalue weighted by atomic mass is 16.3. The van der Waals surface area contributed by atoms with Gasteiger partial charge in [-0.1, -0.05) is 30.5 Å². The van der Waals surface area contributed by atoms with Crippen molar-refractivity contribution >= 4 is 5.91 Å². The molecule has 1 heterocycles. The SMILES string of the molecule is Cc1ccc(-n2nc(C(=O)N(C)CC3(O)CCCC3)cc2C)cc1. The van der Waals surface area contributed by atoms with Gasteiger partial charge in [-0.05, 0) is 44.9 Å². The maximum Gasteiger partial charge on any atom is 0.274 e. The van der Waals surface area contributed by atoms with Crippen LogP contribution in [0.1, 0.15) is 47.4 Å². The van der Waals surface area contributed by atoms with E-state index in [4.69, 9.17) is 0 Å². The number of aryl methyl sites for hydroxylation is 2. The summed E-state index contributed by atoms with van der Waals surface area (Å²) in [6.07, 6.45) is 3.59. The van der Waals surface area contributed by atoms with Crippen LogP contribution in [0.5, 0.6) is 0 Å². The lowest BCUT2D eigenvalue weighted by Gasteiger charge is -2.28. The van der Waals surface area contributed by atoms with Crippen molar-refractivity contribution in [2.45, 2.75) is 45.1 Å². The van der Waals surface area contributed by atoms with Crippen LogP contribution >= 0.6 is 0 Å². The number of rotatable bonds is 4. The highest BCUT2D eigenvalue weighted by Gasteiger charge is 2.34. The zero-order chi connectivity index (χ0) is 17.3. The number of benzene rings is 1. The molecule has 24 heavy (non-hydrogen) atoms. The topological polar surface area (TPSA) is 58.4 Å². The predicted octanol–water partition coefficient (Wildman–Crippen LogP) is 2.87. The van der Waals surface area contributed by atoms with Gasteiger partial charge < -0.3 is 10.0 Å². The molecule has 0 spiro atoms. The Balaban J connectivity index is 1.78. The van der Waals surface area contributed by atoms with Crippen molar-refractivity contribution in [1.82, 2.24) is 14.7 Å². The molecule has 1 saturated carbocycles. The number of hydrogen-bond donors (Lipinski definition) is 1. The summed E-state index contributed by atoms with van der Waals surface area (Å²) >= 11 is 0. The first kappa shape index (κ1) is 16.7. The smallest absolute Gasteiger partial charge is 0.274 e. The van der Waals surface area contributed by atoms with E-state index in [-0.39, 0.29) is 5.91 Å². The number of amides is 1. The van der Waals surface area contributed by atoms with E-state index in [2.05, 4.69) is 5.10 Å². The Morgan fingerprint density at radius 2 is 1.88 bits per heavy atom. The number of carbonyl (C=O) groups is 1. The standard InChI is InChI=1S/C19H25N3O2/c1-14-6-8-16(9-7-14)22-15(2)12-17(20-22)18(23)21(3)13-19(24)10-4-5-11-19/h6-9,12,24H,4-5,10-11,13H2,1-3H3. The fourth-order valence-corrected chi connectivity index (χ4v) is 3.43. The number of aliphatic hydroxyl groups is 1. The molecule has 0 radical (unpaired) electrons. The van der Waals surface area contributed by atoms with Gasteiger partial charge in [-0.25, -0.2) is 4.68 Å². The van der Waals surface area contributed by atoms with E-state index in [0.29, 0.717) is 12.2 Å². The summed E-state index contributed by atoms with van der Waals surface area (Å²) in [5, 5.41) is 15.0. The van der Waals surface area contributed by atoms with Crippen LogP contribution in [0.4, 0.5) is 0 Å². The Morgan fingerprint density at radius 3 is 2.50 bits per heavy atom. The first-order valence-corrected chi connectivity index (χ1v) is 8.49. The second-order valence-electron chi connectivity index (χ2n) is 7.01. The predicted molar refractivity (Wildman–Crippen MR) is 93.4 cm³/mol. The number of likely N-dealkylation sites (N-methyl/N-ethyl adjacent to an activating group) is 1. The highest BCUT2D eigenvalue weighted by molar-refractivity contribution is 5.92. The molecule has 5 nitrogen and oxygen atoms in total. The molecule has 0 atom stereocenters. The van der Waals surface area contributed by atoms with Crippen LogP contribution in [0.15, 0.2) is 30.3 Å². The molecule has 0 unspecified atom stereocenters. The normalized spacial score (nSPS) is 16.3. The second kappa shape index (κ2) is 6.40. The minimum absolute atomic E-state index is 0.149. The fourth-order valence-electron chi connectivity index (χ4n) is 3.43. The molecule has 1 aromatic carbocycles. The average Bonchev–Trinajstić information content (AvgIpc) is 3.13. The molecule has 0 bridgehead atoms. The molecular formula is C19H25N3O2. The maximum atomic E-state index is 12.7. The summed E-state index contributed by atoms with van der Waals surface area (Å²) in [5.41, 5.74) is 2.71. The van der Waals surface area contributed by atoms with Gasteiger partial charge in [0.1, 0.15) is 0 Å². The molecule has 1 N–H and O–H groups in total. The Morgan fingerprint density at radius 1 is 1.25 bits per heavy atom. The molecule has 1 amide bonds. The summed E-state index contributed by atoms with van der Waals surface area (Å²) in [6.45, 7) is 4.34. The van der Waals surface area contributed by atoms with E-state index in [1.165, 1.54) is 5.56 Å². The summed E-state index contributed by atoms with van der Waals surface area (Å²) in [6, 6.07) is 9.85. The molecule has 0 saturated heterocycles. The lowest BCUT2D eigenvalue weighted by atomic mass is 10.0. The van der Waals surface area contributed by atoms with Gasteiger partial charge >= 0.3 is 0 Å². The van der Waals surface area contributed by atoms with Crippen LogP contribution in [-0.2, 0) is 0 Å². The van der Waals surface area contributed by atoms with Crippen molar-refractivity contribution < 1.29 is 9.90 Å². The molecule has 1 aromatic heterocycles. The van der Waals surface area contributed by atoms with Crippen LogP contribution in [-0.4, -0.2) is 44.9 Å². The molecule has 3 rings (SSSR count). The molecule has 1 aliphatic carbocycles. The minimum Gasteiger partial charge on any atom is -0.388 e. The Labute approximate surface area is 142 Å². The lowest BCUT2D eigenvalue weighted by molar-refractivity contribution is 0.0154. The maximum absolute atomic E-state index is 12.7. The summed E-state index contributed by atoms with van der Waals surface area (Å²) in [5.74, 6) is -0.149. The molecule has 1 fully saturated rings. The van der Waals surface area contributed by atoms with Crippen molar-refractivity contribution in [3.05, 3.63) is 47.3 Å². The van der Waals surface area contributed by atoms with Crippen molar-refractivity contribution in [1.29, 1.82) is 0 Å². The van der Waals surface area contributed by atoms with Gasteiger partial charge in [-0.2, -0.15) is 5.10 Å². The zero-order valence-electron chi connectivity index (χ0n) is 14.6. The zero-order valence-corrected chi connectivity index (χ0v) is 14.6. The number of hydrogen-bond acceptors (Lipinski definition) is 3. The largest absolute Gasteiger partial charge is 0.388 e. The van der Waals surface area contributed by atoms with E-state index in [9.17, 15) is 9.90 Å². The van der Waals surface area contributed by atoms with Crippen LogP contribution in [0.2, 0.25) is 0 Å². The van der Waals surface area contributed by atoms with Crippen LogP contribution < -0.4 is 0 Å². The molecule has 128 valence electrons. The number of carbonyl (C=O) groups excluding carboxylic acids is 1. The monoisotopic (exact) mass is 327 g/mol. The van der Waals surface area contributed by atoms with E-state index in [1.54, 1.807) is 22.7 Å². The molecule has 0 aliphatic heterocycles. The third-order valence-corrected chi connectivity index (χ3v) is 4.80. The average molecular weight is 327 g/mol. The summed E-state index contributed by atoms with van der Waals surface area (Å²) < 4.78 is 1.78. The highest BCUT2D eigenvalue weighted by Crippen LogP contribution is 2.30. The van der Waals surface area contributed by atoms with Gasteiger partial charge in [0.2, 0.25) is 0 Å². The van der Waals surface area contributed by atoms with E-state index in [0.717, 1.165) is 37.1 Å². The second-order valence-corrected chi connectivity index (χ2v) is 7.01. The van der Waals surface area contributed by atoms with Crippen LogP contribution in [0.25, 0.3) is 5.69 Å². The van der Waals surface area contributed by atoms with Gasteiger partial charge in [0.05, 0.1) is 11.3 Å². The minimum atomic E-state index is -0.737. The Bertz CT molecular complexity index is 728. The Kier molecular flexibility index (Phi) is 4.45. The van der Waals surface area contributed by atoms with Crippen molar-refractivity contribution in [2.75, 3.05) is 13.6 Å². The molecule has 5 heteroatoms. The van der Waals surface area contributed by atoms with Gasteiger partial charge in [-0.15, -0.1) is 0 Å². The van der Waals surface area contributed by atoms with Gasteiger partial charge in [-0.3, -0.25) is 4.79 Å².